The Morgan fingerprint density at radius 1 is 1.15 bits per heavy atom. The van der Waals surface area contributed by atoms with Crippen LogP contribution in [0.25, 0.3) is 11.8 Å². The zero-order chi connectivity index (χ0) is 28.6. The summed E-state index contributed by atoms with van der Waals surface area (Å²) in [7, 11) is 0. The Morgan fingerprint density at radius 2 is 1.95 bits per heavy atom. The lowest BCUT2D eigenvalue weighted by Gasteiger charge is -2.24. The second-order valence-electron chi connectivity index (χ2n) is 9.45. The molecule has 0 spiro atoms. The standard InChI is InChI=1S/C30H29N3O5S2/c1-5-9-22-25(29(37)38-6-2)26(23-12-8-13-39-23)33-27(34)24(40-30(33)31-22)16-20-14-17(3)32(18(20)4)21-11-7-10-19(15-21)28(35)36/h7-8,10-16,26H,5-6,9H2,1-4H3,(H,35,36)/b24-16-/t26-/m1/s1. The summed E-state index contributed by atoms with van der Waals surface area (Å²) >= 11 is 2.79. The Bertz CT molecular complexity index is 1820. The second-order valence-corrected chi connectivity index (χ2v) is 11.4. The molecule has 0 saturated heterocycles. The molecule has 0 aliphatic carbocycles. The van der Waals surface area contributed by atoms with E-state index in [-0.39, 0.29) is 17.7 Å². The minimum Gasteiger partial charge on any atom is -0.478 e. The van der Waals surface area contributed by atoms with Crippen molar-refractivity contribution in [2.45, 2.75) is 46.6 Å². The van der Waals surface area contributed by atoms with Gasteiger partial charge in [0.2, 0.25) is 0 Å². The number of carbonyl (C=O) groups excluding carboxylic acids is 1. The van der Waals surface area contributed by atoms with Gasteiger partial charge in [0.1, 0.15) is 6.04 Å². The number of aromatic nitrogens is 2. The highest BCUT2D eigenvalue weighted by Gasteiger charge is 2.34. The van der Waals surface area contributed by atoms with E-state index in [1.807, 2.05) is 61.1 Å². The smallest absolute Gasteiger partial charge is 0.338 e. The van der Waals surface area contributed by atoms with Crippen LogP contribution in [0.5, 0.6) is 0 Å². The largest absolute Gasteiger partial charge is 0.478 e. The zero-order valence-electron chi connectivity index (χ0n) is 22.6. The molecule has 1 aliphatic rings. The fraction of sp³-hybridized carbons (Fsp3) is 0.267. The first-order valence-electron chi connectivity index (χ1n) is 13.0. The highest BCUT2D eigenvalue weighted by atomic mass is 32.1. The number of allylic oxidation sites excluding steroid dienone is 1. The number of carbonyl (C=O) groups is 2. The fourth-order valence-electron chi connectivity index (χ4n) is 5.09. The summed E-state index contributed by atoms with van der Waals surface area (Å²) in [5, 5.41) is 11.4. The molecule has 0 fully saturated rings. The van der Waals surface area contributed by atoms with Crippen LogP contribution in [0.15, 0.2) is 68.9 Å². The zero-order valence-corrected chi connectivity index (χ0v) is 24.3. The number of hydrogen-bond acceptors (Lipinski definition) is 7. The van der Waals surface area contributed by atoms with Crippen LogP contribution in [-0.4, -0.2) is 32.8 Å². The van der Waals surface area contributed by atoms with Crippen molar-refractivity contribution in [3.05, 3.63) is 106 Å². The lowest BCUT2D eigenvalue weighted by atomic mass is 9.99. The van der Waals surface area contributed by atoms with Crippen LogP contribution < -0.4 is 14.9 Å². The number of esters is 1. The Labute approximate surface area is 238 Å². The summed E-state index contributed by atoms with van der Waals surface area (Å²) in [6.45, 7) is 7.91. The van der Waals surface area contributed by atoms with Crippen LogP contribution >= 0.6 is 22.7 Å². The van der Waals surface area contributed by atoms with Crippen molar-refractivity contribution in [3.8, 4) is 5.69 Å². The molecule has 3 aromatic heterocycles. The van der Waals surface area contributed by atoms with Crippen LogP contribution in [0.3, 0.4) is 0 Å². The van der Waals surface area contributed by atoms with Crippen molar-refractivity contribution in [3.63, 3.8) is 0 Å². The van der Waals surface area contributed by atoms with Crippen molar-refractivity contribution >= 4 is 40.7 Å². The Balaban J connectivity index is 1.69. The summed E-state index contributed by atoms with van der Waals surface area (Å²) in [6.07, 6.45) is 3.24. The van der Waals surface area contributed by atoms with Crippen molar-refractivity contribution < 1.29 is 19.4 Å². The third-order valence-corrected chi connectivity index (χ3v) is 8.72. The molecular formula is C30H29N3O5S2. The van der Waals surface area contributed by atoms with E-state index in [9.17, 15) is 19.5 Å². The molecule has 8 nitrogen and oxygen atoms in total. The Kier molecular flexibility index (Phi) is 7.73. The van der Waals surface area contributed by atoms with Gasteiger partial charge in [-0.05, 0) is 74.5 Å². The number of carboxylic acid groups (broad SMARTS) is 1. The number of rotatable bonds is 8. The van der Waals surface area contributed by atoms with E-state index >= 15 is 0 Å². The molecule has 0 unspecified atom stereocenters. The van der Waals surface area contributed by atoms with Gasteiger partial charge in [-0.1, -0.05) is 36.8 Å². The Hall–Kier alpha value is -4.02. The van der Waals surface area contributed by atoms with Crippen LogP contribution in [-0.2, 0) is 9.53 Å². The predicted octanol–water partition coefficient (Wildman–Crippen LogP) is 4.75. The molecule has 4 heterocycles. The van der Waals surface area contributed by atoms with Crippen LogP contribution in [0.1, 0.15) is 64.9 Å². The van der Waals surface area contributed by atoms with Crippen LogP contribution in [0.4, 0.5) is 0 Å². The number of aryl methyl sites for hydroxylation is 1. The summed E-state index contributed by atoms with van der Waals surface area (Å²) in [4.78, 5) is 44.9. The van der Waals surface area contributed by atoms with Gasteiger partial charge >= 0.3 is 11.9 Å². The average Bonchev–Trinajstić information content (AvgIpc) is 3.63. The molecule has 0 radical (unpaired) electrons. The van der Waals surface area contributed by atoms with E-state index in [1.54, 1.807) is 29.7 Å². The molecule has 206 valence electrons. The average molecular weight is 576 g/mol. The first-order chi connectivity index (χ1) is 19.2. The van der Waals surface area contributed by atoms with Crippen LogP contribution in [0, 0.1) is 13.8 Å². The summed E-state index contributed by atoms with van der Waals surface area (Å²) < 4.78 is 9.52. The van der Waals surface area contributed by atoms with Gasteiger partial charge in [-0.3, -0.25) is 9.36 Å². The van der Waals surface area contributed by atoms with Gasteiger partial charge in [0.05, 0.1) is 28.0 Å². The second kappa shape index (κ2) is 11.2. The molecule has 1 N–H and O–H groups in total. The molecule has 0 saturated carbocycles. The van der Waals surface area contributed by atoms with Crippen molar-refractivity contribution in [2.24, 2.45) is 4.99 Å². The molecule has 5 rings (SSSR count). The predicted molar refractivity (Wildman–Crippen MR) is 156 cm³/mol. The topological polar surface area (TPSA) is 103 Å². The van der Waals surface area contributed by atoms with E-state index in [1.165, 1.54) is 22.7 Å². The minimum atomic E-state index is -0.990. The number of ether oxygens (including phenoxy) is 1. The van der Waals surface area contributed by atoms with Gasteiger partial charge in [0.15, 0.2) is 4.80 Å². The van der Waals surface area contributed by atoms with Gasteiger partial charge in [0.25, 0.3) is 5.56 Å². The number of hydrogen-bond donors (Lipinski definition) is 1. The minimum absolute atomic E-state index is 0.203. The summed E-state index contributed by atoms with van der Waals surface area (Å²) in [6, 6.07) is 12.0. The lowest BCUT2D eigenvalue weighted by Crippen LogP contribution is -2.39. The number of fused-ring (bicyclic) bond motifs is 1. The van der Waals surface area contributed by atoms with Gasteiger partial charge < -0.3 is 14.4 Å². The number of aromatic carboxylic acids is 1. The molecule has 1 atom stereocenters. The highest BCUT2D eigenvalue weighted by molar-refractivity contribution is 7.10. The van der Waals surface area contributed by atoms with E-state index in [4.69, 9.17) is 9.73 Å². The number of nitrogens with zero attached hydrogens (tertiary/aromatic N) is 3. The number of thiophene rings is 1. The molecule has 40 heavy (non-hydrogen) atoms. The quantitative estimate of drug-likeness (QED) is 0.306. The van der Waals surface area contributed by atoms with Gasteiger partial charge in [0, 0.05) is 22.0 Å². The molecule has 1 aromatic carbocycles. The van der Waals surface area contributed by atoms with Crippen molar-refractivity contribution in [1.29, 1.82) is 0 Å². The molecule has 1 aliphatic heterocycles. The normalized spacial score (nSPS) is 15.2. The van der Waals surface area contributed by atoms with Crippen molar-refractivity contribution in [1.82, 2.24) is 9.13 Å². The van der Waals surface area contributed by atoms with E-state index in [0.717, 1.165) is 33.9 Å². The highest BCUT2D eigenvalue weighted by Crippen LogP contribution is 2.34. The first-order valence-corrected chi connectivity index (χ1v) is 14.7. The Morgan fingerprint density at radius 3 is 2.62 bits per heavy atom. The molecule has 4 aromatic rings. The molecule has 10 heteroatoms. The summed E-state index contributed by atoms with van der Waals surface area (Å²) in [5.74, 6) is -1.44. The maximum atomic E-state index is 13.9. The lowest BCUT2D eigenvalue weighted by molar-refractivity contribution is -0.139. The number of thiazole rings is 1. The maximum Gasteiger partial charge on any atom is 0.338 e. The number of benzene rings is 1. The maximum absolute atomic E-state index is 13.9. The van der Waals surface area contributed by atoms with Gasteiger partial charge in [-0.25, -0.2) is 14.6 Å². The molecule has 0 amide bonds. The van der Waals surface area contributed by atoms with E-state index in [0.29, 0.717) is 27.0 Å². The SMILES string of the molecule is CCCC1=C(C(=O)OCC)[C@@H](c2cccs2)n2c(s/c(=C\c3cc(C)n(-c4cccc(C(=O)O)c4)c3C)c2=O)=N1. The summed E-state index contributed by atoms with van der Waals surface area (Å²) in [5.41, 5.74) is 4.41. The van der Waals surface area contributed by atoms with E-state index < -0.39 is 18.0 Å². The first kappa shape index (κ1) is 27.5. The molecule has 0 bridgehead atoms. The van der Waals surface area contributed by atoms with Crippen LogP contribution in [0.2, 0.25) is 0 Å². The third kappa shape index (κ3) is 4.89. The monoisotopic (exact) mass is 575 g/mol. The third-order valence-electron chi connectivity index (χ3n) is 6.81. The van der Waals surface area contributed by atoms with Gasteiger partial charge in [-0.15, -0.1) is 11.3 Å². The fourth-order valence-corrected chi connectivity index (χ4v) is 6.92. The van der Waals surface area contributed by atoms with E-state index in [2.05, 4.69) is 0 Å². The van der Waals surface area contributed by atoms with Crippen molar-refractivity contribution in [2.75, 3.05) is 6.61 Å². The van der Waals surface area contributed by atoms with Gasteiger partial charge in [-0.2, -0.15) is 0 Å². The number of carboxylic acids is 1. The molecular weight excluding hydrogens is 546 g/mol.